The van der Waals surface area contributed by atoms with Crippen LogP contribution in [0.4, 0.5) is 5.13 Å². The SMILES string of the molecule is Cc1ccc(C2N(c3nccs3)C(=O)C3CCC[NH+]32)cc1. The summed E-state index contributed by atoms with van der Waals surface area (Å²) in [7, 11) is 0. The lowest BCUT2D eigenvalue weighted by Crippen LogP contribution is -3.12. The number of carbonyl (C=O) groups is 1. The Morgan fingerprint density at radius 1 is 1.33 bits per heavy atom. The van der Waals surface area contributed by atoms with Crippen LogP contribution >= 0.6 is 11.3 Å². The van der Waals surface area contributed by atoms with E-state index in [1.165, 1.54) is 16.0 Å². The second-order valence-corrected chi connectivity index (χ2v) is 6.73. The van der Waals surface area contributed by atoms with E-state index in [9.17, 15) is 4.79 Å². The van der Waals surface area contributed by atoms with Crippen LogP contribution in [0, 0.1) is 6.92 Å². The van der Waals surface area contributed by atoms with Gasteiger partial charge in [0, 0.05) is 30.0 Å². The summed E-state index contributed by atoms with van der Waals surface area (Å²) in [6.07, 6.45) is 3.99. The third-order valence-corrected chi connectivity index (χ3v) is 5.34. The highest BCUT2D eigenvalue weighted by atomic mass is 32.1. The number of amides is 1. The van der Waals surface area contributed by atoms with E-state index in [4.69, 9.17) is 0 Å². The molecule has 3 heterocycles. The molecule has 1 aromatic heterocycles. The Morgan fingerprint density at radius 3 is 2.86 bits per heavy atom. The van der Waals surface area contributed by atoms with Gasteiger partial charge in [-0.1, -0.05) is 29.8 Å². The van der Waals surface area contributed by atoms with Gasteiger partial charge in [0.05, 0.1) is 6.54 Å². The van der Waals surface area contributed by atoms with Crippen molar-refractivity contribution in [3.05, 3.63) is 47.0 Å². The van der Waals surface area contributed by atoms with Crippen molar-refractivity contribution in [2.45, 2.75) is 32.0 Å². The number of quaternary nitrogens is 1. The van der Waals surface area contributed by atoms with Gasteiger partial charge in [0.25, 0.3) is 5.91 Å². The summed E-state index contributed by atoms with van der Waals surface area (Å²) in [5.74, 6) is 0.239. The summed E-state index contributed by atoms with van der Waals surface area (Å²) < 4.78 is 0. The number of hydrogen-bond donors (Lipinski definition) is 1. The molecule has 2 saturated heterocycles. The smallest absolute Gasteiger partial charge is 0.292 e. The van der Waals surface area contributed by atoms with E-state index in [0.717, 1.165) is 24.5 Å². The summed E-state index contributed by atoms with van der Waals surface area (Å²) in [5.41, 5.74) is 2.46. The number of benzene rings is 1. The monoisotopic (exact) mass is 300 g/mol. The number of rotatable bonds is 2. The first kappa shape index (κ1) is 13.0. The first-order valence-electron chi connectivity index (χ1n) is 7.40. The average molecular weight is 300 g/mol. The highest BCUT2D eigenvalue weighted by Gasteiger charge is 2.54. The van der Waals surface area contributed by atoms with Crippen LogP contribution in [-0.2, 0) is 4.79 Å². The molecular formula is C16H18N3OS+. The minimum atomic E-state index is 0.0803. The fourth-order valence-corrected chi connectivity index (χ4v) is 4.27. The Bertz CT molecular complexity index is 653. The largest absolute Gasteiger partial charge is 0.301 e. The van der Waals surface area contributed by atoms with Crippen LogP contribution in [0.5, 0.6) is 0 Å². The van der Waals surface area contributed by atoms with Crippen LogP contribution in [0.25, 0.3) is 0 Å². The molecule has 1 aromatic carbocycles. The molecule has 4 rings (SSSR count). The van der Waals surface area contributed by atoms with Gasteiger partial charge in [0.2, 0.25) is 0 Å². The van der Waals surface area contributed by atoms with Gasteiger partial charge in [-0.2, -0.15) is 0 Å². The van der Waals surface area contributed by atoms with Gasteiger partial charge >= 0.3 is 0 Å². The molecule has 2 aliphatic rings. The molecule has 0 radical (unpaired) electrons. The van der Waals surface area contributed by atoms with Gasteiger partial charge in [-0.15, -0.1) is 11.3 Å². The van der Waals surface area contributed by atoms with Crippen LogP contribution in [0.1, 0.15) is 30.1 Å². The molecule has 0 spiro atoms. The summed E-state index contributed by atoms with van der Waals surface area (Å²) in [5, 5.41) is 2.76. The van der Waals surface area contributed by atoms with E-state index in [2.05, 4.69) is 36.2 Å². The summed E-state index contributed by atoms with van der Waals surface area (Å²) >= 11 is 1.54. The van der Waals surface area contributed by atoms with Crippen LogP contribution in [0.3, 0.4) is 0 Å². The Morgan fingerprint density at radius 2 is 2.14 bits per heavy atom. The van der Waals surface area contributed by atoms with E-state index >= 15 is 0 Å². The van der Waals surface area contributed by atoms with Crippen molar-refractivity contribution in [1.29, 1.82) is 0 Å². The number of anilines is 1. The maximum Gasteiger partial charge on any atom is 0.292 e. The quantitative estimate of drug-likeness (QED) is 0.913. The number of nitrogens with one attached hydrogen (secondary N) is 1. The lowest BCUT2D eigenvalue weighted by Gasteiger charge is -2.24. The number of thiazole rings is 1. The van der Waals surface area contributed by atoms with E-state index in [1.54, 1.807) is 17.5 Å². The van der Waals surface area contributed by atoms with Crippen molar-refractivity contribution in [3.8, 4) is 0 Å². The molecule has 2 aromatic rings. The minimum absolute atomic E-state index is 0.0803. The maximum atomic E-state index is 12.8. The average Bonchev–Trinajstić information content (AvgIpc) is 3.19. The molecule has 2 aliphatic heterocycles. The second kappa shape index (κ2) is 4.93. The lowest BCUT2D eigenvalue weighted by atomic mass is 10.1. The fraction of sp³-hybridized carbons (Fsp3) is 0.375. The fourth-order valence-electron chi connectivity index (χ4n) is 3.59. The van der Waals surface area contributed by atoms with Crippen LogP contribution < -0.4 is 9.80 Å². The van der Waals surface area contributed by atoms with E-state index in [-0.39, 0.29) is 18.1 Å². The van der Waals surface area contributed by atoms with Gasteiger partial charge in [-0.05, 0) is 6.92 Å². The topological polar surface area (TPSA) is 37.6 Å². The number of carbonyl (C=O) groups excluding carboxylic acids is 1. The Kier molecular flexibility index (Phi) is 3.05. The minimum Gasteiger partial charge on any atom is -0.301 e. The van der Waals surface area contributed by atoms with E-state index in [1.807, 2.05) is 10.3 Å². The van der Waals surface area contributed by atoms with Crippen molar-refractivity contribution >= 4 is 22.4 Å². The van der Waals surface area contributed by atoms with Gasteiger partial charge in [0.1, 0.15) is 0 Å². The first-order chi connectivity index (χ1) is 10.3. The normalized spacial score (nSPS) is 28.1. The predicted molar refractivity (Wildman–Crippen MR) is 82.4 cm³/mol. The standard InChI is InChI=1S/C16H17N3OS/c1-11-4-6-12(7-5-11)14-18-9-2-3-13(18)15(20)19(14)16-17-8-10-21-16/h4-8,10,13-14H,2-3,9H2,1H3/p+1. The van der Waals surface area contributed by atoms with Gasteiger partial charge in [-0.25, -0.2) is 9.88 Å². The van der Waals surface area contributed by atoms with E-state index < -0.39 is 0 Å². The van der Waals surface area contributed by atoms with Crippen molar-refractivity contribution in [3.63, 3.8) is 0 Å². The second-order valence-electron chi connectivity index (χ2n) is 5.86. The third-order valence-electron chi connectivity index (χ3n) is 4.57. The van der Waals surface area contributed by atoms with Crippen molar-refractivity contribution in [2.24, 2.45) is 0 Å². The first-order valence-corrected chi connectivity index (χ1v) is 8.28. The molecule has 1 N–H and O–H groups in total. The highest BCUT2D eigenvalue weighted by Crippen LogP contribution is 2.31. The zero-order valence-corrected chi connectivity index (χ0v) is 12.8. The molecule has 5 heteroatoms. The molecule has 0 saturated carbocycles. The van der Waals surface area contributed by atoms with Crippen LogP contribution in [0.2, 0.25) is 0 Å². The number of fused-ring (bicyclic) bond motifs is 1. The molecule has 21 heavy (non-hydrogen) atoms. The molecule has 3 unspecified atom stereocenters. The maximum absolute atomic E-state index is 12.8. The molecule has 0 bridgehead atoms. The predicted octanol–water partition coefficient (Wildman–Crippen LogP) is 1.54. The number of aromatic nitrogens is 1. The van der Waals surface area contributed by atoms with Crippen LogP contribution in [0.15, 0.2) is 35.8 Å². The summed E-state index contributed by atoms with van der Waals surface area (Å²) in [6, 6.07) is 8.68. The van der Waals surface area contributed by atoms with E-state index in [0.29, 0.717) is 0 Å². The molecule has 3 atom stereocenters. The van der Waals surface area contributed by atoms with Crippen molar-refractivity contribution in [1.82, 2.24) is 4.98 Å². The van der Waals surface area contributed by atoms with Crippen molar-refractivity contribution < 1.29 is 9.69 Å². The number of aryl methyl sites for hydroxylation is 1. The van der Waals surface area contributed by atoms with Crippen LogP contribution in [-0.4, -0.2) is 23.5 Å². The van der Waals surface area contributed by atoms with Gasteiger partial charge in [-0.3, -0.25) is 4.79 Å². The summed E-state index contributed by atoms with van der Waals surface area (Å²) in [4.78, 5) is 20.5. The van der Waals surface area contributed by atoms with Crippen molar-refractivity contribution in [2.75, 3.05) is 11.4 Å². The van der Waals surface area contributed by atoms with Gasteiger partial charge < -0.3 is 4.90 Å². The molecule has 0 aliphatic carbocycles. The molecule has 1 amide bonds. The van der Waals surface area contributed by atoms with Gasteiger partial charge in [0.15, 0.2) is 17.3 Å². The zero-order valence-electron chi connectivity index (χ0n) is 12.0. The molecule has 108 valence electrons. The highest BCUT2D eigenvalue weighted by molar-refractivity contribution is 7.13. The molecule has 4 nitrogen and oxygen atoms in total. The third kappa shape index (κ3) is 2.00. The number of hydrogen-bond acceptors (Lipinski definition) is 3. The Labute approximate surface area is 128 Å². The Hall–Kier alpha value is -1.72. The zero-order chi connectivity index (χ0) is 14.4. The molecule has 2 fully saturated rings. The number of nitrogens with zero attached hydrogens (tertiary/aromatic N) is 2. The summed E-state index contributed by atoms with van der Waals surface area (Å²) in [6.45, 7) is 3.16. The molecular weight excluding hydrogens is 282 g/mol. The Balaban J connectivity index is 1.80. The lowest BCUT2D eigenvalue weighted by molar-refractivity contribution is -0.924.